The van der Waals surface area contributed by atoms with Crippen LogP contribution in [0.15, 0.2) is 45.5 Å². The molecule has 1 N–H and O–H groups in total. The summed E-state index contributed by atoms with van der Waals surface area (Å²) < 4.78 is 1.97. The molecule has 0 saturated heterocycles. The normalized spacial score (nSPS) is 10.3. The zero-order valence-corrected chi connectivity index (χ0v) is 12.7. The zero-order chi connectivity index (χ0) is 12.3. The highest BCUT2D eigenvalue weighted by molar-refractivity contribution is 9.10. The highest BCUT2D eigenvalue weighted by Gasteiger charge is 2.01. The van der Waals surface area contributed by atoms with E-state index in [-0.39, 0.29) is 0 Å². The minimum Gasteiger partial charge on any atom is -0.378 e. The Morgan fingerprint density at radius 1 is 1.12 bits per heavy atom. The molecule has 2 aromatic rings. The quantitative estimate of drug-likeness (QED) is 0.826. The van der Waals surface area contributed by atoms with Crippen LogP contribution in [-0.4, -0.2) is 4.98 Å². The molecule has 5 heteroatoms. The maximum Gasteiger partial charge on any atom is 0.0638 e. The van der Waals surface area contributed by atoms with Gasteiger partial charge in [-0.3, -0.25) is 4.98 Å². The third kappa shape index (κ3) is 3.69. The van der Waals surface area contributed by atoms with Crippen molar-refractivity contribution in [2.45, 2.75) is 6.54 Å². The van der Waals surface area contributed by atoms with E-state index < -0.39 is 0 Å². The predicted octanol–water partition coefficient (Wildman–Crippen LogP) is 4.87. The van der Waals surface area contributed by atoms with E-state index in [0.29, 0.717) is 11.6 Å². The van der Waals surface area contributed by atoms with Crippen molar-refractivity contribution in [3.05, 3.63) is 56.2 Å². The SMILES string of the molecule is Clc1ccc(Br)cc1NCc1ccc(Br)cn1. The molecular formula is C12H9Br2ClN2. The van der Waals surface area contributed by atoms with Crippen molar-refractivity contribution in [2.24, 2.45) is 0 Å². The van der Waals surface area contributed by atoms with Gasteiger partial charge in [0.15, 0.2) is 0 Å². The third-order valence-corrected chi connectivity index (χ3v) is 3.47. The average Bonchev–Trinajstić information content (AvgIpc) is 2.32. The van der Waals surface area contributed by atoms with Crippen LogP contribution in [0.25, 0.3) is 0 Å². The van der Waals surface area contributed by atoms with Crippen molar-refractivity contribution >= 4 is 49.1 Å². The fraction of sp³-hybridized carbons (Fsp3) is 0.0833. The molecule has 0 spiro atoms. The van der Waals surface area contributed by atoms with Crippen LogP contribution in [0.2, 0.25) is 5.02 Å². The molecule has 0 unspecified atom stereocenters. The van der Waals surface area contributed by atoms with Crippen molar-refractivity contribution in [2.75, 3.05) is 5.32 Å². The lowest BCUT2D eigenvalue weighted by atomic mass is 10.3. The first kappa shape index (κ1) is 12.9. The van der Waals surface area contributed by atoms with Crippen LogP contribution < -0.4 is 5.32 Å². The number of benzene rings is 1. The molecule has 0 radical (unpaired) electrons. The van der Waals surface area contributed by atoms with Gasteiger partial charge in [-0.1, -0.05) is 27.5 Å². The number of hydrogen-bond acceptors (Lipinski definition) is 2. The van der Waals surface area contributed by atoms with E-state index in [1.165, 1.54) is 0 Å². The molecule has 1 heterocycles. The Labute approximate surface area is 122 Å². The van der Waals surface area contributed by atoms with Gasteiger partial charge < -0.3 is 5.32 Å². The van der Waals surface area contributed by atoms with Crippen LogP contribution in [0.5, 0.6) is 0 Å². The first-order valence-electron chi connectivity index (χ1n) is 4.94. The molecule has 0 saturated carbocycles. The van der Waals surface area contributed by atoms with Crippen LogP contribution in [-0.2, 0) is 6.54 Å². The van der Waals surface area contributed by atoms with Crippen molar-refractivity contribution in [3.8, 4) is 0 Å². The largest absolute Gasteiger partial charge is 0.378 e. The van der Waals surface area contributed by atoms with Crippen molar-refractivity contribution < 1.29 is 0 Å². The molecule has 0 aliphatic heterocycles. The lowest BCUT2D eigenvalue weighted by molar-refractivity contribution is 1.04. The average molecular weight is 376 g/mol. The number of nitrogens with one attached hydrogen (secondary N) is 1. The summed E-state index contributed by atoms with van der Waals surface area (Å²) in [6.07, 6.45) is 1.78. The van der Waals surface area contributed by atoms with Crippen molar-refractivity contribution in [1.82, 2.24) is 4.98 Å². The summed E-state index contributed by atoms with van der Waals surface area (Å²) in [4.78, 5) is 4.28. The van der Waals surface area contributed by atoms with Gasteiger partial charge in [0.25, 0.3) is 0 Å². The number of nitrogens with zero attached hydrogens (tertiary/aromatic N) is 1. The lowest BCUT2D eigenvalue weighted by Gasteiger charge is -2.08. The van der Waals surface area contributed by atoms with Gasteiger partial charge in [0.2, 0.25) is 0 Å². The molecule has 0 bridgehead atoms. The second kappa shape index (κ2) is 5.85. The zero-order valence-electron chi connectivity index (χ0n) is 8.75. The first-order valence-corrected chi connectivity index (χ1v) is 6.91. The van der Waals surface area contributed by atoms with Gasteiger partial charge in [0.1, 0.15) is 0 Å². The van der Waals surface area contributed by atoms with Gasteiger partial charge in [-0.25, -0.2) is 0 Å². The molecule has 88 valence electrons. The number of halogens is 3. The Morgan fingerprint density at radius 3 is 2.59 bits per heavy atom. The van der Waals surface area contributed by atoms with E-state index in [2.05, 4.69) is 42.2 Å². The summed E-state index contributed by atoms with van der Waals surface area (Å²) in [5, 5.41) is 3.95. The van der Waals surface area contributed by atoms with Gasteiger partial charge in [0, 0.05) is 15.1 Å². The highest BCUT2D eigenvalue weighted by Crippen LogP contribution is 2.26. The topological polar surface area (TPSA) is 24.9 Å². The maximum absolute atomic E-state index is 6.08. The molecule has 2 nitrogen and oxygen atoms in total. The molecule has 0 aliphatic rings. The summed E-state index contributed by atoms with van der Waals surface area (Å²) in [5.74, 6) is 0. The Hall–Kier alpha value is -0.580. The summed E-state index contributed by atoms with van der Waals surface area (Å²) >= 11 is 12.8. The van der Waals surface area contributed by atoms with Crippen LogP contribution >= 0.6 is 43.5 Å². The Morgan fingerprint density at radius 2 is 1.88 bits per heavy atom. The number of aromatic nitrogens is 1. The standard InChI is InChI=1S/C12H9Br2ClN2/c13-8-2-4-11(15)12(5-8)17-7-10-3-1-9(14)6-16-10/h1-6,17H,7H2. The van der Waals surface area contributed by atoms with E-state index in [9.17, 15) is 0 Å². The molecule has 0 fully saturated rings. The van der Waals surface area contributed by atoms with E-state index in [1.54, 1.807) is 6.20 Å². The van der Waals surface area contributed by atoms with Crippen LogP contribution in [0.4, 0.5) is 5.69 Å². The van der Waals surface area contributed by atoms with Gasteiger partial charge in [-0.2, -0.15) is 0 Å². The van der Waals surface area contributed by atoms with E-state index in [4.69, 9.17) is 11.6 Å². The fourth-order valence-electron chi connectivity index (χ4n) is 1.33. The second-order valence-electron chi connectivity index (χ2n) is 3.45. The lowest BCUT2D eigenvalue weighted by Crippen LogP contribution is -2.01. The molecular weight excluding hydrogens is 367 g/mol. The van der Waals surface area contributed by atoms with Crippen LogP contribution in [0, 0.1) is 0 Å². The molecule has 1 aromatic carbocycles. The van der Waals surface area contributed by atoms with Crippen molar-refractivity contribution in [1.29, 1.82) is 0 Å². The maximum atomic E-state index is 6.08. The van der Waals surface area contributed by atoms with E-state index in [1.807, 2.05) is 30.3 Å². The fourth-order valence-corrected chi connectivity index (χ4v) is 2.11. The number of hydrogen-bond donors (Lipinski definition) is 1. The minimum absolute atomic E-state index is 0.642. The van der Waals surface area contributed by atoms with Gasteiger partial charge in [0.05, 0.1) is 22.9 Å². The summed E-state index contributed by atoms with van der Waals surface area (Å²) in [6, 6.07) is 9.63. The molecule has 0 amide bonds. The predicted molar refractivity (Wildman–Crippen MR) is 78.4 cm³/mol. The highest BCUT2D eigenvalue weighted by atomic mass is 79.9. The second-order valence-corrected chi connectivity index (χ2v) is 5.68. The monoisotopic (exact) mass is 374 g/mol. The Kier molecular flexibility index (Phi) is 4.42. The van der Waals surface area contributed by atoms with Gasteiger partial charge in [-0.05, 0) is 46.3 Å². The summed E-state index contributed by atoms with van der Waals surface area (Å²) in [6.45, 7) is 0.642. The minimum atomic E-state index is 0.642. The Bertz CT molecular complexity index is 514. The van der Waals surface area contributed by atoms with E-state index in [0.717, 1.165) is 20.3 Å². The molecule has 1 aromatic heterocycles. The van der Waals surface area contributed by atoms with Crippen molar-refractivity contribution in [3.63, 3.8) is 0 Å². The molecule has 0 aliphatic carbocycles. The first-order chi connectivity index (χ1) is 8.15. The number of pyridine rings is 1. The number of anilines is 1. The molecule has 2 rings (SSSR count). The Balaban J connectivity index is 2.07. The van der Waals surface area contributed by atoms with Gasteiger partial charge in [-0.15, -0.1) is 0 Å². The number of rotatable bonds is 3. The molecule has 0 atom stereocenters. The van der Waals surface area contributed by atoms with Gasteiger partial charge >= 0.3 is 0 Å². The smallest absolute Gasteiger partial charge is 0.0638 e. The summed E-state index contributed by atoms with van der Waals surface area (Å²) in [7, 11) is 0. The third-order valence-electron chi connectivity index (χ3n) is 2.18. The van der Waals surface area contributed by atoms with Crippen LogP contribution in [0.1, 0.15) is 5.69 Å². The van der Waals surface area contributed by atoms with E-state index >= 15 is 0 Å². The van der Waals surface area contributed by atoms with Crippen LogP contribution in [0.3, 0.4) is 0 Å². The summed E-state index contributed by atoms with van der Waals surface area (Å²) in [5.41, 5.74) is 1.86. The molecule has 17 heavy (non-hydrogen) atoms.